The summed E-state index contributed by atoms with van der Waals surface area (Å²) in [6.07, 6.45) is 4.08. The summed E-state index contributed by atoms with van der Waals surface area (Å²) in [4.78, 5) is 57.0. The van der Waals surface area contributed by atoms with Gasteiger partial charge in [-0.15, -0.1) is 5.92 Å². The lowest BCUT2D eigenvalue weighted by Gasteiger charge is -2.34. The van der Waals surface area contributed by atoms with Crippen LogP contribution in [-0.2, 0) is 24.9 Å². The van der Waals surface area contributed by atoms with Crippen LogP contribution in [0.4, 0.5) is 16.4 Å². The monoisotopic (exact) mass is 577 g/mol. The van der Waals surface area contributed by atoms with E-state index in [0.717, 1.165) is 17.4 Å². The third-order valence-corrected chi connectivity index (χ3v) is 6.77. The smallest absolute Gasteiger partial charge is 0.407 e. The number of nitro groups is 1. The second-order valence-electron chi connectivity index (χ2n) is 11.0. The van der Waals surface area contributed by atoms with E-state index in [9.17, 15) is 24.5 Å². The zero-order valence-electron chi connectivity index (χ0n) is 24.4. The lowest BCUT2D eigenvalue weighted by molar-refractivity contribution is -0.385. The molecular weight excluding hydrogens is 542 g/mol. The van der Waals surface area contributed by atoms with Gasteiger partial charge in [0.1, 0.15) is 5.60 Å². The quantitative estimate of drug-likeness (QED) is 0.256. The van der Waals surface area contributed by atoms with Gasteiger partial charge in [-0.2, -0.15) is 4.98 Å². The fourth-order valence-electron chi connectivity index (χ4n) is 4.90. The van der Waals surface area contributed by atoms with E-state index >= 15 is 0 Å². The summed E-state index contributed by atoms with van der Waals surface area (Å²) in [5.41, 5.74) is -1.01. The van der Waals surface area contributed by atoms with Gasteiger partial charge in [-0.1, -0.05) is 30.2 Å². The van der Waals surface area contributed by atoms with Crippen LogP contribution < -0.4 is 21.5 Å². The molecule has 1 aliphatic heterocycles. The number of fused-ring (bicyclic) bond motifs is 1. The predicted molar refractivity (Wildman–Crippen MR) is 159 cm³/mol. The fraction of sp³-hybridized carbons (Fsp3) is 0.448. The molecule has 0 radical (unpaired) electrons. The molecule has 0 bridgehead atoms. The van der Waals surface area contributed by atoms with Crippen molar-refractivity contribution in [3.8, 4) is 11.8 Å². The van der Waals surface area contributed by atoms with E-state index < -0.39 is 27.9 Å². The number of piperidine rings is 1. The summed E-state index contributed by atoms with van der Waals surface area (Å²) in [5, 5.41) is 14.3. The van der Waals surface area contributed by atoms with Crippen LogP contribution in [0.2, 0.25) is 0 Å². The third-order valence-electron chi connectivity index (χ3n) is 6.77. The van der Waals surface area contributed by atoms with E-state index in [1.165, 1.54) is 16.7 Å². The standard InChI is InChI=1S/C29H35N7O6/c1-6-7-17-34-23-24(31-26(34)33-16-11-14-21(19-33)30-27(38)42-29(2,3)4)32(5)28(39)35(25(23)37)18-10-13-20-12-8-9-15-22(20)36(40)41/h8-10,12-13,15,21H,11,14,16-19H2,1-5H3,(H,30,38)/b13-10+. The number of nitrogens with zero attached hydrogens (tertiary/aromatic N) is 6. The number of rotatable bonds is 7. The summed E-state index contributed by atoms with van der Waals surface area (Å²) in [5.74, 6) is 6.32. The highest BCUT2D eigenvalue weighted by atomic mass is 16.6. The number of allylic oxidation sites excluding steroid dienone is 1. The van der Waals surface area contributed by atoms with E-state index in [-0.39, 0.29) is 36.0 Å². The van der Waals surface area contributed by atoms with Crippen LogP contribution in [0.15, 0.2) is 39.9 Å². The lowest BCUT2D eigenvalue weighted by atomic mass is 10.1. The number of carbonyl (C=O) groups excluding carboxylic acids is 1. The van der Waals surface area contributed by atoms with Crippen molar-refractivity contribution in [2.24, 2.45) is 7.05 Å². The minimum atomic E-state index is -0.624. The van der Waals surface area contributed by atoms with Crippen molar-refractivity contribution in [3.05, 3.63) is 66.9 Å². The van der Waals surface area contributed by atoms with Crippen LogP contribution in [0, 0.1) is 22.0 Å². The maximum absolute atomic E-state index is 13.7. The molecule has 4 rings (SSSR count). The Kier molecular flexibility index (Phi) is 8.84. The summed E-state index contributed by atoms with van der Waals surface area (Å²) in [7, 11) is 1.54. The van der Waals surface area contributed by atoms with E-state index in [0.29, 0.717) is 24.6 Å². The molecule has 222 valence electrons. The molecule has 1 N–H and O–H groups in total. The normalized spacial score (nSPS) is 15.5. The van der Waals surface area contributed by atoms with Crippen molar-refractivity contribution in [1.82, 2.24) is 24.0 Å². The van der Waals surface area contributed by atoms with E-state index in [2.05, 4.69) is 17.2 Å². The number of amides is 1. The number of imidazole rings is 1. The molecule has 13 nitrogen and oxygen atoms in total. The van der Waals surface area contributed by atoms with Gasteiger partial charge in [0, 0.05) is 38.8 Å². The van der Waals surface area contributed by atoms with Crippen LogP contribution in [-0.4, -0.2) is 54.4 Å². The van der Waals surface area contributed by atoms with Crippen LogP contribution in [0.25, 0.3) is 17.2 Å². The summed E-state index contributed by atoms with van der Waals surface area (Å²) in [6.45, 7) is 8.24. The molecule has 1 amide bonds. The zero-order chi connectivity index (χ0) is 30.6. The molecule has 13 heteroatoms. The van der Waals surface area contributed by atoms with Crippen molar-refractivity contribution < 1.29 is 14.5 Å². The highest BCUT2D eigenvalue weighted by Crippen LogP contribution is 2.24. The Morgan fingerprint density at radius 3 is 2.69 bits per heavy atom. The molecule has 0 spiro atoms. The summed E-state index contributed by atoms with van der Waals surface area (Å²) in [6, 6.07) is 6.02. The van der Waals surface area contributed by atoms with E-state index in [4.69, 9.17) is 9.72 Å². The highest BCUT2D eigenvalue weighted by molar-refractivity contribution is 5.75. The largest absolute Gasteiger partial charge is 0.444 e. The van der Waals surface area contributed by atoms with Gasteiger partial charge in [0.2, 0.25) is 5.95 Å². The SMILES string of the molecule is CC#CCn1c(N2CCCC(NC(=O)OC(C)(C)C)C2)nc2c1c(=O)n(C/C=C/c1ccccc1[N+](=O)[O-])c(=O)n2C. The first-order valence-corrected chi connectivity index (χ1v) is 13.7. The number of aromatic nitrogens is 4. The zero-order valence-corrected chi connectivity index (χ0v) is 24.4. The lowest BCUT2D eigenvalue weighted by Crippen LogP contribution is -2.49. The number of alkyl carbamates (subject to hydrolysis) is 1. The Morgan fingerprint density at radius 1 is 1.26 bits per heavy atom. The first-order valence-electron chi connectivity index (χ1n) is 13.7. The molecule has 1 aliphatic rings. The van der Waals surface area contributed by atoms with Gasteiger partial charge in [0.15, 0.2) is 11.2 Å². The first kappa shape index (κ1) is 30.1. The van der Waals surface area contributed by atoms with Gasteiger partial charge in [0.05, 0.1) is 17.0 Å². The second kappa shape index (κ2) is 12.3. The van der Waals surface area contributed by atoms with E-state index in [1.54, 1.807) is 63.6 Å². The molecule has 1 atom stereocenters. The van der Waals surface area contributed by atoms with Crippen molar-refractivity contribution in [2.45, 2.75) is 65.3 Å². The number of para-hydroxylation sites is 1. The number of aryl methyl sites for hydroxylation is 1. The van der Waals surface area contributed by atoms with Crippen molar-refractivity contribution in [3.63, 3.8) is 0 Å². The second-order valence-corrected chi connectivity index (χ2v) is 11.0. The Morgan fingerprint density at radius 2 is 2.00 bits per heavy atom. The van der Waals surface area contributed by atoms with Crippen molar-refractivity contribution in [2.75, 3.05) is 18.0 Å². The molecule has 0 aliphatic carbocycles. The van der Waals surface area contributed by atoms with Gasteiger partial charge in [0.25, 0.3) is 11.2 Å². The molecule has 1 saturated heterocycles. The maximum atomic E-state index is 13.7. The third kappa shape index (κ3) is 6.54. The number of nitro benzene ring substituents is 1. The molecule has 42 heavy (non-hydrogen) atoms. The predicted octanol–water partition coefficient (Wildman–Crippen LogP) is 3.04. The van der Waals surface area contributed by atoms with Crippen LogP contribution in [0.1, 0.15) is 46.1 Å². The van der Waals surface area contributed by atoms with Crippen LogP contribution in [0.3, 0.4) is 0 Å². The fourth-order valence-corrected chi connectivity index (χ4v) is 4.90. The number of hydrogen-bond donors (Lipinski definition) is 1. The number of benzene rings is 1. The van der Waals surface area contributed by atoms with Crippen molar-refractivity contribution in [1.29, 1.82) is 0 Å². The summed E-state index contributed by atoms with van der Waals surface area (Å²) >= 11 is 0. The number of hydrogen-bond acceptors (Lipinski definition) is 8. The maximum Gasteiger partial charge on any atom is 0.407 e. The van der Waals surface area contributed by atoms with Gasteiger partial charge in [-0.3, -0.25) is 28.6 Å². The van der Waals surface area contributed by atoms with Gasteiger partial charge >= 0.3 is 11.8 Å². The minimum absolute atomic E-state index is 0.0775. The molecule has 1 unspecified atom stereocenters. The molecule has 2 aromatic heterocycles. The Balaban J connectivity index is 1.71. The molecule has 3 heterocycles. The number of ether oxygens (including phenoxy) is 1. The molecule has 1 aromatic carbocycles. The average Bonchev–Trinajstić information content (AvgIpc) is 3.31. The van der Waals surface area contributed by atoms with Crippen LogP contribution >= 0.6 is 0 Å². The number of nitrogens with one attached hydrogen (secondary N) is 1. The van der Waals surface area contributed by atoms with Crippen LogP contribution in [0.5, 0.6) is 0 Å². The van der Waals surface area contributed by atoms with Gasteiger partial charge < -0.3 is 15.0 Å². The van der Waals surface area contributed by atoms with Gasteiger partial charge in [-0.25, -0.2) is 9.59 Å². The number of carbonyl (C=O) groups is 1. The topological polar surface area (TPSA) is 147 Å². The highest BCUT2D eigenvalue weighted by Gasteiger charge is 2.29. The molecule has 1 fully saturated rings. The Bertz CT molecular complexity index is 1710. The number of anilines is 1. The Hall–Kier alpha value is -4.86. The minimum Gasteiger partial charge on any atom is -0.444 e. The Labute approximate surface area is 242 Å². The average molecular weight is 578 g/mol. The first-order chi connectivity index (χ1) is 19.9. The molecule has 3 aromatic rings. The van der Waals surface area contributed by atoms with E-state index in [1.807, 2.05) is 4.90 Å². The van der Waals surface area contributed by atoms with Crippen molar-refractivity contribution >= 4 is 35.0 Å². The van der Waals surface area contributed by atoms with Gasteiger partial charge in [-0.05, 0) is 46.6 Å². The summed E-state index contributed by atoms with van der Waals surface area (Å²) < 4.78 is 9.50. The molecule has 0 saturated carbocycles. The molecular formula is C29H35N7O6.